The van der Waals surface area contributed by atoms with Crippen LogP contribution in [0.2, 0.25) is 0 Å². The Kier molecular flexibility index (Phi) is 5.45. The van der Waals surface area contributed by atoms with Crippen LogP contribution < -0.4 is 11.1 Å². The van der Waals surface area contributed by atoms with Gasteiger partial charge in [0.1, 0.15) is 5.54 Å². The molecule has 6 nitrogen and oxygen atoms in total. The zero-order chi connectivity index (χ0) is 17.2. The quantitative estimate of drug-likeness (QED) is 0.694. The Bertz CT molecular complexity index is 480. The van der Waals surface area contributed by atoms with Crippen LogP contribution in [0.25, 0.3) is 0 Å². The molecule has 0 aromatic heterocycles. The number of hydrogen-bond acceptors (Lipinski definition) is 4. The molecule has 3 N–H and O–H groups in total. The summed E-state index contributed by atoms with van der Waals surface area (Å²) >= 11 is 0. The molecule has 3 aliphatic heterocycles. The van der Waals surface area contributed by atoms with Gasteiger partial charge in [0.05, 0.1) is 0 Å². The van der Waals surface area contributed by atoms with E-state index in [0.717, 1.165) is 64.8 Å². The van der Waals surface area contributed by atoms with Gasteiger partial charge >= 0.3 is 0 Å². The summed E-state index contributed by atoms with van der Waals surface area (Å²) in [6.07, 6.45) is 8.38. The molecule has 3 atom stereocenters. The second-order valence-electron chi connectivity index (χ2n) is 7.69. The maximum atomic E-state index is 12.0. The summed E-state index contributed by atoms with van der Waals surface area (Å²) in [6.45, 7) is 6.13. The third-order valence-electron chi connectivity index (χ3n) is 6.19. The van der Waals surface area contributed by atoms with Crippen LogP contribution in [0.15, 0.2) is 0 Å². The first-order valence-electron chi connectivity index (χ1n) is 9.37. The molecule has 3 saturated heterocycles. The van der Waals surface area contributed by atoms with Gasteiger partial charge in [-0.3, -0.25) is 14.5 Å². The highest BCUT2D eigenvalue weighted by molar-refractivity contribution is 5.85. The van der Waals surface area contributed by atoms with Crippen molar-refractivity contribution in [3.8, 4) is 0 Å². The summed E-state index contributed by atoms with van der Waals surface area (Å²) < 4.78 is 0. The van der Waals surface area contributed by atoms with Crippen LogP contribution in [0.1, 0.15) is 45.4 Å². The molecule has 2 bridgehead atoms. The van der Waals surface area contributed by atoms with Crippen molar-refractivity contribution in [2.24, 2.45) is 11.7 Å². The van der Waals surface area contributed by atoms with Gasteiger partial charge in [-0.2, -0.15) is 0 Å². The summed E-state index contributed by atoms with van der Waals surface area (Å²) in [5, 5.41) is 3.54. The Labute approximate surface area is 145 Å². The third-order valence-corrected chi connectivity index (χ3v) is 6.19. The zero-order valence-electron chi connectivity index (χ0n) is 14.8. The molecule has 3 fully saturated rings. The number of carbonyl (C=O) groups excluding carboxylic acids is 2. The molecule has 6 heteroatoms. The van der Waals surface area contributed by atoms with Crippen LogP contribution in [-0.2, 0) is 9.59 Å². The van der Waals surface area contributed by atoms with Crippen molar-refractivity contribution >= 4 is 11.8 Å². The lowest BCUT2D eigenvalue weighted by molar-refractivity contribution is -0.131. The fourth-order valence-corrected chi connectivity index (χ4v) is 4.82. The predicted octanol–water partition coefficient (Wildman–Crippen LogP) is 0.521. The number of fused-ring (bicyclic) bond motifs is 2. The molecule has 0 aromatic rings. The monoisotopic (exact) mass is 335 g/mol. The van der Waals surface area contributed by atoms with E-state index < -0.39 is 5.54 Å². The second kappa shape index (κ2) is 7.40. The number of primary amides is 1. The van der Waals surface area contributed by atoms with Gasteiger partial charge in [-0.25, -0.2) is 0 Å². The van der Waals surface area contributed by atoms with Gasteiger partial charge in [0, 0.05) is 39.1 Å². The Morgan fingerprint density at radius 3 is 2.96 bits per heavy atom. The van der Waals surface area contributed by atoms with E-state index in [4.69, 9.17) is 5.73 Å². The minimum absolute atomic E-state index is 0.162. The topological polar surface area (TPSA) is 78.7 Å². The Morgan fingerprint density at radius 2 is 2.21 bits per heavy atom. The number of likely N-dealkylation sites (tertiary alicyclic amines) is 1. The number of nitrogens with zero attached hydrogens (tertiary/aromatic N) is 2. The van der Waals surface area contributed by atoms with E-state index in [-0.39, 0.29) is 11.8 Å². The van der Waals surface area contributed by atoms with Gasteiger partial charge in [0.25, 0.3) is 0 Å². The van der Waals surface area contributed by atoms with Gasteiger partial charge in [0.15, 0.2) is 0 Å². The molecule has 3 aliphatic rings. The minimum atomic E-state index is -0.430. The first-order chi connectivity index (χ1) is 11.5. The van der Waals surface area contributed by atoms with Crippen molar-refractivity contribution in [2.45, 2.75) is 57.0 Å². The lowest BCUT2D eigenvalue weighted by atomic mass is 9.87. The van der Waals surface area contributed by atoms with Gasteiger partial charge in [0.2, 0.25) is 11.8 Å². The molecule has 3 rings (SSSR count). The highest BCUT2D eigenvalue weighted by Crippen LogP contribution is 2.43. The second-order valence-corrected chi connectivity index (χ2v) is 7.69. The van der Waals surface area contributed by atoms with Crippen molar-refractivity contribution in [3.63, 3.8) is 0 Å². The summed E-state index contributed by atoms with van der Waals surface area (Å²) in [4.78, 5) is 27.8. The predicted molar refractivity (Wildman–Crippen MR) is 93.0 cm³/mol. The van der Waals surface area contributed by atoms with E-state index >= 15 is 0 Å². The van der Waals surface area contributed by atoms with Crippen molar-refractivity contribution in [1.29, 1.82) is 0 Å². The molecule has 0 aromatic carbocycles. The lowest BCUT2D eigenvalue weighted by Crippen LogP contribution is -2.59. The standard InChI is InChI=1S/C18H31N4O2/c1-14(23)21-10-3-4-15(13-21)12-20-9-11-22-16-5-2-7-18(22,8-6-16)17(19)24/h2,15-16,20H,3-13H2,1H3,(H2,19,24)/t15?,16-,18+/m1/s1. The van der Waals surface area contributed by atoms with E-state index in [1.54, 1.807) is 6.92 Å². The van der Waals surface area contributed by atoms with Crippen molar-refractivity contribution in [2.75, 3.05) is 32.7 Å². The molecule has 135 valence electrons. The van der Waals surface area contributed by atoms with Crippen LogP contribution >= 0.6 is 0 Å². The Morgan fingerprint density at radius 1 is 1.38 bits per heavy atom. The first-order valence-corrected chi connectivity index (χ1v) is 9.37. The molecule has 0 spiro atoms. The van der Waals surface area contributed by atoms with Crippen LogP contribution in [0.3, 0.4) is 0 Å². The fraction of sp³-hybridized carbons (Fsp3) is 0.833. The van der Waals surface area contributed by atoms with Crippen molar-refractivity contribution < 1.29 is 9.59 Å². The highest BCUT2D eigenvalue weighted by Gasteiger charge is 2.52. The highest BCUT2D eigenvalue weighted by atomic mass is 16.2. The van der Waals surface area contributed by atoms with E-state index in [1.165, 1.54) is 6.42 Å². The number of nitrogens with one attached hydrogen (secondary N) is 1. The summed E-state index contributed by atoms with van der Waals surface area (Å²) in [5.74, 6) is 0.564. The summed E-state index contributed by atoms with van der Waals surface area (Å²) in [7, 11) is 0. The SMILES string of the molecule is CC(=O)N1CCCC(CNCCN2[C@@H]3C[CH]C[C@@]2(C(N)=O)CC3)C1. The van der Waals surface area contributed by atoms with E-state index in [1.807, 2.05) is 4.90 Å². The molecular formula is C18H31N4O2. The van der Waals surface area contributed by atoms with Crippen molar-refractivity contribution in [1.82, 2.24) is 15.1 Å². The zero-order valence-corrected chi connectivity index (χ0v) is 14.8. The average Bonchev–Trinajstić information content (AvgIpc) is 2.77. The summed E-state index contributed by atoms with van der Waals surface area (Å²) in [5.41, 5.74) is 5.31. The van der Waals surface area contributed by atoms with Crippen LogP contribution in [0, 0.1) is 12.3 Å². The third kappa shape index (κ3) is 3.45. The lowest BCUT2D eigenvalue weighted by Gasteiger charge is -2.42. The smallest absolute Gasteiger partial charge is 0.237 e. The molecule has 2 amide bonds. The Balaban J connectivity index is 1.45. The van der Waals surface area contributed by atoms with E-state index in [9.17, 15) is 9.59 Å². The van der Waals surface area contributed by atoms with Gasteiger partial charge < -0.3 is 16.0 Å². The van der Waals surface area contributed by atoms with E-state index in [2.05, 4.69) is 16.6 Å². The molecule has 0 saturated carbocycles. The maximum absolute atomic E-state index is 12.0. The van der Waals surface area contributed by atoms with Gasteiger partial charge in [-0.15, -0.1) is 0 Å². The average molecular weight is 335 g/mol. The first kappa shape index (κ1) is 17.7. The van der Waals surface area contributed by atoms with Gasteiger partial charge in [-0.05, 0) is 57.4 Å². The largest absolute Gasteiger partial charge is 0.368 e. The normalized spacial score (nSPS) is 33.6. The van der Waals surface area contributed by atoms with E-state index in [0.29, 0.717) is 12.0 Å². The summed E-state index contributed by atoms with van der Waals surface area (Å²) in [6, 6.07) is 0.482. The maximum Gasteiger partial charge on any atom is 0.237 e. The number of piperidine rings is 2. The molecule has 1 unspecified atom stereocenters. The Hall–Kier alpha value is -1.14. The van der Waals surface area contributed by atoms with Crippen LogP contribution in [0.5, 0.6) is 0 Å². The van der Waals surface area contributed by atoms with Crippen LogP contribution in [0.4, 0.5) is 0 Å². The van der Waals surface area contributed by atoms with Crippen LogP contribution in [-0.4, -0.2) is 65.9 Å². The minimum Gasteiger partial charge on any atom is -0.368 e. The molecule has 0 aliphatic carbocycles. The molecule has 3 heterocycles. The number of carbonyl (C=O) groups is 2. The number of hydrogen-bond donors (Lipinski definition) is 2. The number of amides is 2. The fourth-order valence-electron chi connectivity index (χ4n) is 4.82. The molecule has 1 radical (unpaired) electrons. The molecular weight excluding hydrogens is 304 g/mol. The number of rotatable bonds is 6. The van der Waals surface area contributed by atoms with Gasteiger partial charge in [-0.1, -0.05) is 0 Å². The number of nitrogens with two attached hydrogens (primary N) is 1. The molecule has 24 heavy (non-hydrogen) atoms. The van der Waals surface area contributed by atoms with Crippen molar-refractivity contribution in [3.05, 3.63) is 6.42 Å².